The first-order chi connectivity index (χ1) is 7.13. The Morgan fingerprint density at radius 1 is 1.60 bits per heavy atom. The van der Waals surface area contributed by atoms with Crippen LogP contribution in [0.5, 0.6) is 0 Å². The van der Waals surface area contributed by atoms with Crippen molar-refractivity contribution in [2.45, 2.75) is 45.2 Å². The average Bonchev–Trinajstić information content (AvgIpc) is 2.60. The van der Waals surface area contributed by atoms with E-state index in [2.05, 4.69) is 31.1 Å². The minimum atomic E-state index is 0.231. The van der Waals surface area contributed by atoms with Crippen molar-refractivity contribution in [1.82, 2.24) is 5.32 Å². The van der Waals surface area contributed by atoms with Gasteiger partial charge in [0.05, 0.1) is 12.6 Å². The summed E-state index contributed by atoms with van der Waals surface area (Å²) in [5.41, 5.74) is 0.231. The van der Waals surface area contributed by atoms with E-state index in [-0.39, 0.29) is 5.54 Å². The summed E-state index contributed by atoms with van der Waals surface area (Å²) in [6, 6.07) is 0.296. The van der Waals surface area contributed by atoms with Gasteiger partial charge in [0.1, 0.15) is 0 Å². The molecule has 0 amide bonds. The molecule has 0 saturated carbocycles. The van der Waals surface area contributed by atoms with Gasteiger partial charge in [-0.25, -0.2) is 0 Å². The van der Waals surface area contributed by atoms with Gasteiger partial charge in [-0.05, 0) is 19.8 Å². The minimum Gasteiger partial charge on any atom is -0.382 e. The van der Waals surface area contributed by atoms with Crippen molar-refractivity contribution in [1.29, 1.82) is 0 Å². The highest BCUT2D eigenvalue weighted by atomic mass is 32.2. The standard InChI is InChI=1S/C11H22N2OS/c1-5-9(7-14-4)12-10-13-11(3,6-2)8-15-10/h9H,5-8H2,1-4H3,(H,12,13). The SMILES string of the molecule is CCC(COC)N=C1NC(C)(CC)CS1. The topological polar surface area (TPSA) is 33.6 Å². The van der Waals surface area contributed by atoms with Crippen LogP contribution in [0.1, 0.15) is 33.6 Å². The fraction of sp³-hybridized carbons (Fsp3) is 0.909. The molecule has 1 aliphatic rings. The molecule has 1 N–H and O–H groups in total. The summed E-state index contributed by atoms with van der Waals surface area (Å²) >= 11 is 1.83. The van der Waals surface area contributed by atoms with Crippen molar-refractivity contribution < 1.29 is 4.74 Å². The Labute approximate surface area is 97.1 Å². The maximum Gasteiger partial charge on any atom is 0.157 e. The van der Waals surface area contributed by atoms with Gasteiger partial charge < -0.3 is 10.1 Å². The summed E-state index contributed by atoms with van der Waals surface area (Å²) in [5, 5.41) is 4.58. The number of ether oxygens (including phenoxy) is 1. The van der Waals surface area contributed by atoms with Crippen molar-refractivity contribution in [3.05, 3.63) is 0 Å². The molecule has 1 heterocycles. The first kappa shape index (κ1) is 12.8. The van der Waals surface area contributed by atoms with Crippen molar-refractivity contribution in [3.8, 4) is 0 Å². The van der Waals surface area contributed by atoms with Gasteiger partial charge in [0.25, 0.3) is 0 Å². The van der Waals surface area contributed by atoms with Crippen molar-refractivity contribution in [2.24, 2.45) is 4.99 Å². The number of hydrogen-bond acceptors (Lipinski definition) is 3. The van der Waals surface area contributed by atoms with E-state index in [9.17, 15) is 0 Å². The van der Waals surface area contributed by atoms with Crippen LogP contribution in [0, 0.1) is 0 Å². The quantitative estimate of drug-likeness (QED) is 0.786. The molecule has 1 rings (SSSR count). The Hall–Kier alpha value is -0.220. The molecule has 0 aromatic heterocycles. The fourth-order valence-electron chi connectivity index (χ4n) is 1.42. The largest absolute Gasteiger partial charge is 0.382 e. The third-order valence-corrected chi connectivity index (χ3v) is 4.11. The lowest BCUT2D eigenvalue weighted by Crippen LogP contribution is -2.40. The lowest BCUT2D eigenvalue weighted by Gasteiger charge is -2.21. The Balaban J connectivity index is 2.54. The second-order valence-electron chi connectivity index (χ2n) is 4.28. The zero-order valence-electron chi connectivity index (χ0n) is 10.2. The molecule has 4 heteroatoms. The molecule has 0 bridgehead atoms. The Bertz CT molecular complexity index is 233. The molecule has 0 aromatic rings. The monoisotopic (exact) mass is 230 g/mol. The van der Waals surface area contributed by atoms with Gasteiger partial charge in [-0.3, -0.25) is 4.99 Å². The predicted octanol–water partition coefficient (Wildman–Crippen LogP) is 2.27. The van der Waals surface area contributed by atoms with Crippen molar-refractivity contribution in [3.63, 3.8) is 0 Å². The second kappa shape index (κ2) is 5.75. The molecule has 15 heavy (non-hydrogen) atoms. The van der Waals surface area contributed by atoms with Crippen LogP contribution in [0.3, 0.4) is 0 Å². The molecular weight excluding hydrogens is 208 g/mol. The van der Waals surface area contributed by atoms with E-state index in [0.29, 0.717) is 12.6 Å². The van der Waals surface area contributed by atoms with E-state index in [4.69, 9.17) is 4.74 Å². The lowest BCUT2D eigenvalue weighted by molar-refractivity contribution is 0.179. The van der Waals surface area contributed by atoms with Gasteiger partial charge in [0, 0.05) is 18.4 Å². The summed E-state index contributed by atoms with van der Waals surface area (Å²) in [6.45, 7) is 7.32. The van der Waals surface area contributed by atoms with Gasteiger partial charge in [0.15, 0.2) is 5.17 Å². The lowest BCUT2D eigenvalue weighted by atomic mass is 10.0. The van der Waals surface area contributed by atoms with Crippen LogP contribution < -0.4 is 5.32 Å². The van der Waals surface area contributed by atoms with Gasteiger partial charge in [0.2, 0.25) is 0 Å². The van der Waals surface area contributed by atoms with Crippen LogP contribution in [-0.2, 0) is 4.74 Å². The molecule has 0 aliphatic carbocycles. The highest BCUT2D eigenvalue weighted by Gasteiger charge is 2.30. The van der Waals surface area contributed by atoms with Crippen LogP contribution in [0.2, 0.25) is 0 Å². The number of thioether (sulfide) groups is 1. The number of nitrogens with zero attached hydrogens (tertiary/aromatic N) is 1. The normalized spacial score (nSPS) is 30.5. The van der Waals surface area contributed by atoms with E-state index in [0.717, 1.165) is 23.8 Å². The second-order valence-corrected chi connectivity index (χ2v) is 5.24. The first-order valence-corrected chi connectivity index (χ1v) is 6.59. The van der Waals surface area contributed by atoms with E-state index < -0.39 is 0 Å². The number of nitrogens with one attached hydrogen (secondary N) is 1. The predicted molar refractivity (Wildman–Crippen MR) is 67.7 cm³/mol. The zero-order chi connectivity index (χ0) is 11.3. The molecular formula is C11H22N2OS. The number of hydrogen-bond donors (Lipinski definition) is 1. The van der Waals surface area contributed by atoms with Crippen LogP contribution in [0.15, 0.2) is 4.99 Å². The van der Waals surface area contributed by atoms with Gasteiger partial charge in [-0.1, -0.05) is 25.6 Å². The summed E-state index contributed by atoms with van der Waals surface area (Å²) in [6.07, 6.45) is 2.17. The van der Waals surface area contributed by atoms with E-state index >= 15 is 0 Å². The average molecular weight is 230 g/mol. The molecule has 1 aliphatic heterocycles. The summed E-state index contributed by atoms with van der Waals surface area (Å²) in [4.78, 5) is 4.67. The van der Waals surface area contributed by atoms with Crippen molar-refractivity contribution >= 4 is 16.9 Å². The highest BCUT2D eigenvalue weighted by molar-refractivity contribution is 8.14. The highest BCUT2D eigenvalue weighted by Crippen LogP contribution is 2.26. The van der Waals surface area contributed by atoms with Crippen LogP contribution in [0.25, 0.3) is 0 Å². The molecule has 0 radical (unpaired) electrons. The molecule has 0 spiro atoms. The Morgan fingerprint density at radius 3 is 2.80 bits per heavy atom. The van der Waals surface area contributed by atoms with Gasteiger partial charge in [-0.15, -0.1) is 0 Å². The maximum atomic E-state index is 5.14. The summed E-state index contributed by atoms with van der Waals surface area (Å²) < 4.78 is 5.14. The van der Waals surface area contributed by atoms with Crippen molar-refractivity contribution in [2.75, 3.05) is 19.5 Å². The molecule has 0 aromatic carbocycles. The number of aliphatic imine (C=N–C) groups is 1. The van der Waals surface area contributed by atoms with Crippen LogP contribution in [0.4, 0.5) is 0 Å². The Kier molecular flexibility index (Phi) is 4.93. The third kappa shape index (κ3) is 3.68. The van der Waals surface area contributed by atoms with E-state index in [1.54, 1.807) is 7.11 Å². The molecule has 1 fully saturated rings. The zero-order valence-corrected chi connectivity index (χ0v) is 11.0. The number of methoxy groups -OCH3 is 1. The molecule has 3 nitrogen and oxygen atoms in total. The molecule has 2 unspecified atom stereocenters. The number of amidine groups is 1. The summed E-state index contributed by atoms with van der Waals surface area (Å²) in [7, 11) is 1.73. The van der Waals surface area contributed by atoms with Crippen LogP contribution in [-0.4, -0.2) is 36.2 Å². The molecule has 2 atom stereocenters. The van der Waals surface area contributed by atoms with Gasteiger partial charge >= 0.3 is 0 Å². The first-order valence-electron chi connectivity index (χ1n) is 5.61. The summed E-state index contributed by atoms with van der Waals surface area (Å²) in [5.74, 6) is 1.12. The van der Waals surface area contributed by atoms with E-state index in [1.165, 1.54) is 0 Å². The molecule has 88 valence electrons. The smallest absolute Gasteiger partial charge is 0.157 e. The third-order valence-electron chi connectivity index (χ3n) is 2.85. The molecule has 1 saturated heterocycles. The minimum absolute atomic E-state index is 0.231. The number of rotatable bonds is 5. The van der Waals surface area contributed by atoms with Gasteiger partial charge in [-0.2, -0.15) is 0 Å². The maximum absolute atomic E-state index is 5.14. The fourth-order valence-corrected chi connectivity index (χ4v) is 2.70. The van der Waals surface area contributed by atoms with E-state index in [1.807, 2.05) is 11.8 Å². The Morgan fingerprint density at radius 2 is 2.33 bits per heavy atom. The van der Waals surface area contributed by atoms with Crippen LogP contribution >= 0.6 is 11.8 Å².